The maximum Gasteiger partial charge on any atom is 0.144 e. The van der Waals surface area contributed by atoms with E-state index in [4.69, 9.17) is 23.7 Å². The summed E-state index contributed by atoms with van der Waals surface area (Å²) in [7, 11) is 3.30. The minimum absolute atomic E-state index is 0.112. The lowest BCUT2D eigenvalue weighted by Gasteiger charge is -2.39. The SMILES string of the molecule is COc1ccc(C(OC[C@@]23CO[C@H]([C@H]2O)[C@H](c2ccccc2)O3)(c2ccccc2)c2ccc(OC)cc2)cc1. The van der Waals surface area contributed by atoms with Crippen molar-refractivity contribution in [1.82, 2.24) is 0 Å². The van der Waals surface area contributed by atoms with E-state index in [1.54, 1.807) is 14.2 Å². The van der Waals surface area contributed by atoms with E-state index >= 15 is 0 Å². The number of fused-ring (bicyclic) bond motifs is 2. The molecule has 6 rings (SSSR count). The molecule has 200 valence electrons. The van der Waals surface area contributed by atoms with E-state index in [0.717, 1.165) is 33.8 Å². The smallest absolute Gasteiger partial charge is 0.144 e. The van der Waals surface area contributed by atoms with Crippen molar-refractivity contribution in [3.05, 3.63) is 131 Å². The summed E-state index contributed by atoms with van der Waals surface area (Å²) in [4.78, 5) is 0. The second-order valence-corrected chi connectivity index (χ2v) is 10.0. The van der Waals surface area contributed by atoms with Crippen LogP contribution in [0.3, 0.4) is 0 Å². The minimum atomic E-state index is -1.01. The Morgan fingerprint density at radius 1 is 0.744 bits per heavy atom. The van der Waals surface area contributed by atoms with Gasteiger partial charge in [-0.3, -0.25) is 0 Å². The van der Waals surface area contributed by atoms with E-state index in [1.807, 2.05) is 97.1 Å². The molecule has 0 amide bonds. The van der Waals surface area contributed by atoms with Crippen LogP contribution in [-0.4, -0.2) is 50.3 Å². The zero-order valence-corrected chi connectivity index (χ0v) is 22.0. The molecule has 2 heterocycles. The number of methoxy groups -OCH3 is 2. The van der Waals surface area contributed by atoms with Crippen molar-refractivity contribution in [2.45, 2.75) is 29.5 Å². The van der Waals surface area contributed by atoms with Crippen LogP contribution >= 0.6 is 0 Å². The van der Waals surface area contributed by atoms with E-state index in [-0.39, 0.29) is 19.3 Å². The summed E-state index contributed by atoms with van der Waals surface area (Å²) in [5.74, 6) is 1.50. The maximum atomic E-state index is 11.4. The summed E-state index contributed by atoms with van der Waals surface area (Å²) in [5, 5.41) is 11.4. The molecule has 0 saturated carbocycles. The van der Waals surface area contributed by atoms with Crippen molar-refractivity contribution < 1.29 is 28.8 Å². The first-order valence-corrected chi connectivity index (χ1v) is 13.1. The van der Waals surface area contributed by atoms with Crippen molar-refractivity contribution >= 4 is 0 Å². The van der Waals surface area contributed by atoms with Gasteiger partial charge in [-0.05, 0) is 46.5 Å². The predicted octanol–water partition coefficient (Wildman–Crippen LogP) is 5.28. The van der Waals surface area contributed by atoms with Gasteiger partial charge < -0.3 is 28.8 Å². The number of hydrogen-bond acceptors (Lipinski definition) is 6. The van der Waals surface area contributed by atoms with Gasteiger partial charge in [0.15, 0.2) is 0 Å². The fourth-order valence-electron chi connectivity index (χ4n) is 5.76. The Balaban J connectivity index is 1.44. The Bertz CT molecular complexity index is 1330. The van der Waals surface area contributed by atoms with E-state index < -0.39 is 23.4 Å². The second kappa shape index (κ2) is 10.5. The number of benzene rings is 4. The Morgan fingerprint density at radius 3 is 1.79 bits per heavy atom. The molecular formula is C33H32O6. The number of hydrogen-bond donors (Lipinski definition) is 1. The lowest BCUT2D eigenvalue weighted by Crippen LogP contribution is -2.48. The quantitative estimate of drug-likeness (QED) is 0.301. The molecule has 2 saturated heterocycles. The fourth-order valence-corrected chi connectivity index (χ4v) is 5.76. The molecule has 4 aromatic rings. The first kappa shape index (κ1) is 25.6. The van der Waals surface area contributed by atoms with Crippen LogP contribution in [-0.2, 0) is 19.8 Å². The first-order valence-electron chi connectivity index (χ1n) is 13.1. The summed E-state index contributed by atoms with van der Waals surface area (Å²) in [6.45, 7) is 0.360. The van der Waals surface area contributed by atoms with Gasteiger partial charge in [0.25, 0.3) is 0 Å². The Labute approximate surface area is 228 Å². The fraction of sp³-hybridized carbons (Fsp3) is 0.273. The molecule has 4 aromatic carbocycles. The van der Waals surface area contributed by atoms with Crippen molar-refractivity contribution in [3.63, 3.8) is 0 Å². The van der Waals surface area contributed by atoms with Gasteiger partial charge in [0.05, 0.1) is 27.4 Å². The molecule has 0 unspecified atom stereocenters. The van der Waals surface area contributed by atoms with Crippen LogP contribution in [0.4, 0.5) is 0 Å². The molecule has 2 aliphatic rings. The summed E-state index contributed by atoms with van der Waals surface area (Å²) in [6.07, 6.45) is -1.65. The zero-order chi connectivity index (χ0) is 26.9. The molecule has 4 atom stereocenters. The van der Waals surface area contributed by atoms with Crippen molar-refractivity contribution in [2.75, 3.05) is 27.4 Å². The molecule has 0 radical (unpaired) electrons. The average Bonchev–Trinajstić information content (AvgIpc) is 3.48. The summed E-state index contributed by atoms with van der Waals surface area (Å²) in [6, 6.07) is 35.8. The topological polar surface area (TPSA) is 66.4 Å². The summed E-state index contributed by atoms with van der Waals surface area (Å²) < 4.78 is 30.6. The van der Waals surface area contributed by atoms with Gasteiger partial charge in [-0.2, -0.15) is 0 Å². The van der Waals surface area contributed by atoms with Gasteiger partial charge in [-0.15, -0.1) is 0 Å². The molecule has 0 spiro atoms. The molecular weight excluding hydrogens is 492 g/mol. The van der Waals surface area contributed by atoms with Crippen molar-refractivity contribution in [3.8, 4) is 11.5 Å². The number of ether oxygens (including phenoxy) is 5. The van der Waals surface area contributed by atoms with Gasteiger partial charge >= 0.3 is 0 Å². The van der Waals surface area contributed by atoms with Gasteiger partial charge in [-0.25, -0.2) is 0 Å². The highest BCUT2D eigenvalue weighted by Gasteiger charge is 2.62. The molecule has 0 aromatic heterocycles. The van der Waals surface area contributed by atoms with E-state index in [2.05, 4.69) is 12.1 Å². The van der Waals surface area contributed by atoms with Crippen LogP contribution in [0, 0.1) is 0 Å². The van der Waals surface area contributed by atoms with Crippen LogP contribution in [0.25, 0.3) is 0 Å². The minimum Gasteiger partial charge on any atom is -0.497 e. The largest absolute Gasteiger partial charge is 0.497 e. The van der Waals surface area contributed by atoms with Gasteiger partial charge in [0, 0.05) is 0 Å². The van der Waals surface area contributed by atoms with Gasteiger partial charge in [-0.1, -0.05) is 84.9 Å². The molecule has 1 N–H and O–H groups in total. The number of rotatable bonds is 9. The number of aliphatic hydroxyl groups is 1. The summed E-state index contributed by atoms with van der Waals surface area (Å²) >= 11 is 0. The lowest BCUT2D eigenvalue weighted by molar-refractivity contribution is -0.184. The lowest BCUT2D eigenvalue weighted by atomic mass is 9.79. The third-order valence-electron chi connectivity index (χ3n) is 7.86. The van der Waals surface area contributed by atoms with Crippen LogP contribution in [0.2, 0.25) is 0 Å². The molecule has 6 nitrogen and oxygen atoms in total. The monoisotopic (exact) mass is 524 g/mol. The third kappa shape index (κ3) is 4.39. The van der Waals surface area contributed by atoms with Crippen molar-refractivity contribution in [2.24, 2.45) is 0 Å². The second-order valence-electron chi connectivity index (χ2n) is 10.0. The Kier molecular flexibility index (Phi) is 6.87. The molecule has 0 aliphatic carbocycles. The molecule has 2 fully saturated rings. The average molecular weight is 525 g/mol. The molecule has 2 bridgehead atoms. The van der Waals surface area contributed by atoms with Crippen molar-refractivity contribution in [1.29, 1.82) is 0 Å². The van der Waals surface area contributed by atoms with E-state index in [0.29, 0.717) is 0 Å². The molecule has 6 heteroatoms. The van der Waals surface area contributed by atoms with Gasteiger partial charge in [0.1, 0.15) is 41.0 Å². The highest BCUT2D eigenvalue weighted by atomic mass is 16.7. The zero-order valence-electron chi connectivity index (χ0n) is 22.0. The number of aliphatic hydroxyl groups excluding tert-OH is 1. The maximum absolute atomic E-state index is 11.4. The summed E-state index contributed by atoms with van der Waals surface area (Å²) in [5.41, 5.74) is 1.73. The molecule has 39 heavy (non-hydrogen) atoms. The normalized spacial score (nSPS) is 24.0. The Hall–Kier alpha value is -3.68. The highest BCUT2D eigenvalue weighted by molar-refractivity contribution is 5.50. The standard InChI is InChI=1S/C33H32O6/c1-35-27-17-13-25(14-18-27)33(24-11-7-4-8-12-24,26-15-19-28(36-2)20-16-26)38-22-32-21-37-30(31(32)34)29(39-32)23-9-5-3-6-10-23/h3-20,29-31,34H,21-22H2,1-2H3/t29-,30-,31+,32-/m0/s1. The van der Waals surface area contributed by atoms with Crippen LogP contribution < -0.4 is 9.47 Å². The van der Waals surface area contributed by atoms with Crippen LogP contribution in [0.5, 0.6) is 11.5 Å². The third-order valence-corrected chi connectivity index (χ3v) is 7.86. The predicted molar refractivity (Wildman–Crippen MR) is 147 cm³/mol. The first-order chi connectivity index (χ1) is 19.1. The Morgan fingerprint density at radius 2 is 1.26 bits per heavy atom. The van der Waals surface area contributed by atoms with Crippen LogP contribution in [0.15, 0.2) is 109 Å². The molecule has 2 aliphatic heterocycles. The van der Waals surface area contributed by atoms with E-state index in [1.165, 1.54) is 0 Å². The van der Waals surface area contributed by atoms with Gasteiger partial charge in [0.2, 0.25) is 0 Å². The van der Waals surface area contributed by atoms with E-state index in [9.17, 15) is 5.11 Å². The highest BCUT2D eigenvalue weighted by Crippen LogP contribution is 2.49. The van der Waals surface area contributed by atoms with Crippen LogP contribution in [0.1, 0.15) is 28.4 Å².